The first kappa shape index (κ1) is 11.8. The molecule has 1 atom stereocenters. The fourth-order valence-corrected chi connectivity index (χ4v) is 1.74. The molecular weight excluding hydrogens is 186 g/mol. The van der Waals surface area contributed by atoms with E-state index in [4.69, 9.17) is 0 Å². The Balaban J connectivity index is 0.000000531. The summed E-state index contributed by atoms with van der Waals surface area (Å²) in [6.45, 7) is 4.00. The maximum atomic E-state index is 11.1. The Morgan fingerprint density at radius 2 is 1.87 bits per heavy atom. The van der Waals surface area contributed by atoms with Gasteiger partial charge < -0.3 is 5.32 Å². The van der Waals surface area contributed by atoms with E-state index >= 15 is 0 Å². The molecule has 1 N–H and O–H groups in total. The van der Waals surface area contributed by atoms with Crippen molar-refractivity contribution in [3.05, 3.63) is 35.9 Å². The van der Waals surface area contributed by atoms with Crippen molar-refractivity contribution in [1.29, 1.82) is 0 Å². The van der Waals surface area contributed by atoms with Gasteiger partial charge in [-0.2, -0.15) is 0 Å². The molecule has 1 aromatic carbocycles. The van der Waals surface area contributed by atoms with Gasteiger partial charge in [0.1, 0.15) is 0 Å². The predicted molar refractivity (Wildman–Crippen MR) is 62.5 cm³/mol. The van der Waals surface area contributed by atoms with E-state index in [-0.39, 0.29) is 11.9 Å². The van der Waals surface area contributed by atoms with Gasteiger partial charge in [-0.15, -0.1) is 0 Å². The quantitative estimate of drug-likeness (QED) is 0.750. The fraction of sp³-hybridized carbons (Fsp3) is 0.462. The van der Waals surface area contributed by atoms with Crippen molar-refractivity contribution in [3.63, 3.8) is 0 Å². The normalized spacial score (nSPS) is 19.9. The minimum atomic E-state index is 0.181. The van der Waals surface area contributed by atoms with Gasteiger partial charge in [0.2, 0.25) is 5.91 Å². The fourth-order valence-electron chi connectivity index (χ4n) is 1.74. The van der Waals surface area contributed by atoms with Crippen molar-refractivity contribution >= 4 is 5.91 Å². The summed E-state index contributed by atoms with van der Waals surface area (Å²) < 4.78 is 0. The van der Waals surface area contributed by atoms with E-state index < -0.39 is 0 Å². The highest BCUT2D eigenvalue weighted by Gasteiger charge is 2.18. The molecule has 82 valence electrons. The van der Waals surface area contributed by atoms with E-state index in [1.54, 1.807) is 0 Å². The number of amides is 1. The van der Waals surface area contributed by atoms with Gasteiger partial charge in [0.15, 0.2) is 0 Å². The van der Waals surface area contributed by atoms with Crippen LogP contribution in [-0.2, 0) is 4.79 Å². The molecule has 0 aromatic heterocycles. The molecule has 1 aliphatic rings. The highest BCUT2D eigenvalue weighted by molar-refractivity contribution is 5.77. The van der Waals surface area contributed by atoms with Crippen LogP contribution in [0.15, 0.2) is 30.3 Å². The summed E-state index contributed by atoms with van der Waals surface area (Å²) >= 11 is 0. The number of rotatable bonds is 1. The van der Waals surface area contributed by atoms with Crippen LogP contribution >= 0.6 is 0 Å². The van der Waals surface area contributed by atoms with E-state index in [9.17, 15) is 4.79 Å². The molecule has 0 spiro atoms. The summed E-state index contributed by atoms with van der Waals surface area (Å²) in [4.78, 5) is 11.1. The van der Waals surface area contributed by atoms with Gasteiger partial charge >= 0.3 is 0 Å². The zero-order valence-electron chi connectivity index (χ0n) is 9.49. The molecule has 1 amide bonds. The molecule has 1 fully saturated rings. The van der Waals surface area contributed by atoms with Crippen molar-refractivity contribution in [1.82, 2.24) is 5.32 Å². The molecule has 1 saturated heterocycles. The van der Waals surface area contributed by atoms with Crippen molar-refractivity contribution in [2.45, 2.75) is 39.2 Å². The summed E-state index contributed by atoms with van der Waals surface area (Å²) in [6.07, 6.45) is 2.75. The van der Waals surface area contributed by atoms with Gasteiger partial charge in [-0.25, -0.2) is 0 Å². The molecule has 15 heavy (non-hydrogen) atoms. The molecule has 1 aliphatic heterocycles. The summed E-state index contributed by atoms with van der Waals surface area (Å²) in [6, 6.07) is 10.4. The van der Waals surface area contributed by atoms with Gasteiger partial charge in [0.25, 0.3) is 0 Å². The monoisotopic (exact) mass is 205 g/mol. The van der Waals surface area contributed by atoms with Crippen LogP contribution in [0.25, 0.3) is 0 Å². The highest BCUT2D eigenvalue weighted by Crippen LogP contribution is 2.22. The van der Waals surface area contributed by atoms with E-state index in [1.165, 1.54) is 5.56 Å². The lowest BCUT2D eigenvalue weighted by molar-refractivity contribution is -0.123. The number of piperidine rings is 1. The summed E-state index contributed by atoms with van der Waals surface area (Å²) in [5.74, 6) is 0.181. The van der Waals surface area contributed by atoms with E-state index in [0.29, 0.717) is 6.42 Å². The topological polar surface area (TPSA) is 29.1 Å². The highest BCUT2D eigenvalue weighted by atomic mass is 16.1. The van der Waals surface area contributed by atoms with E-state index in [1.807, 2.05) is 32.0 Å². The lowest BCUT2D eigenvalue weighted by atomic mass is 9.97. The number of carbonyl (C=O) groups is 1. The molecule has 0 bridgehead atoms. The Morgan fingerprint density at radius 3 is 2.47 bits per heavy atom. The van der Waals surface area contributed by atoms with Gasteiger partial charge in [-0.3, -0.25) is 4.79 Å². The van der Waals surface area contributed by atoms with Crippen LogP contribution in [0.5, 0.6) is 0 Å². The molecule has 0 aliphatic carbocycles. The van der Waals surface area contributed by atoms with Crippen LogP contribution in [0, 0.1) is 0 Å². The number of hydrogen-bond donors (Lipinski definition) is 1. The smallest absolute Gasteiger partial charge is 0.220 e. The van der Waals surface area contributed by atoms with E-state index in [0.717, 1.165) is 12.8 Å². The van der Waals surface area contributed by atoms with Crippen LogP contribution in [0.2, 0.25) is 0 Å². The number of benzene rings is 1. The third kappa shape index (κ3) is 3.39. The SMILES string of the molecule is CC.O=C1CCCC(c2ccccc2)N1. The molecule has 2 nitrogen and oxygen atoms in total. The van der Waals surface area contributed by atoms with Crippen LogP contribution in [-0.4, -0.2) is 5.91 Å². The molecule has 1 unspecified atom stereocenters. The Bertz CT molecular complexity index is 295. The van der Waals surface area contributed by atoms with Crippen molar-refractivity contribution in [2.75, 3.05) is 0 Å². The molecule has 2 rings (SSSR count). The summed E-state index contributed by atoms with van der Waals surface area (Å²) in [5, 5.41) is 2.99. The van der Waals surface area contributed by atoms with Crippen LogP contribution in [0.4, 0.5) is 0 Å². The molecule has 1 aromatic rings. The maximum absolute atomic E-state index is 11.1. The average molecular weight is 205 g/mol. The minimum absolute atomic E-state index is 0.181. The molecule has 0 radical (unpaired) electrons. The van der Waals surface area contributed by atoms with E-state index in [2.05, 4.69) is 17.4 Å². The lowest BCUT2D eigenvalue weighted by Crippen LogP contribution is -2.32. The zero-order chi connectivity index (χ0) is 11.1. The molecule has 1 heterocycles. The van der Waals surface area contributed by atoms with Gasteiger partial charge in [0, 0.05) is 6.42 Å². The van der Waals surface area contributed by atoms with Gasteiger partial charge in [-0.05, 0) is 18.4 Å². The average Bonchev–Trinajstić information content (AvgIpc) is 2.33. The molecule has 0 saturated carbocycles. The first-order valence-electron chi connectivity index (χ1n) is 5.70. The van der Waals surface area contributed by atoms with Crippen LogP contribution in [0.3, 0.4) is 0 Å². The minimum Gasteiger partial charge on any atom is -0.349 e. The Labute approximate surface area is 91.7 Å². The molecule has 2 heteroatoms. The number of hydrogen-bond acceptors (Lipinski definition) is 1. The Kier molecular flexibility index (Phi) is 4.88. The Hall–Kier alpha value is -1.31. The second kappa shape index (κ2) is 6.23. The second-order valence-electron chi connectivity index (χ2n) is 3.42. The third-order valence-corrected chi connectivity index (χ3v) is 2.43. The predicted octanol–water partition coefficient (Wildman–Crippen LogP) is 3.05. The van der Waals surface area contributed by atoms with Crippen molar-refractivity contribution in [3.8, 4) is 0 Å². The second-order valence-corrected chi connectivity index (χ2v) is 3.42. The zero-order valence-corrected chi connectivity index (χ0v) is 9.49. The van der Waals surface area contributed by atoms with Crippen molar-refractivity contribution < 1.29 is 4.79 Å². The third-order valence-electron chi connectivity index (χ3n) is 2.43. The Morgan fingerprint density at radius 1 is 1.20 bits per heavy atom. The first-order valence-corrected chi connectivity index (χ1v) is 5.70. The number of nitrogens with one attached hydrogen (secondary N) is 1. The van der Waals surface area contributed by atoms with Crippen LogP contribution in [0.1, 0.15) is 44.7 Å². The summed E-state index contributed by atoms with van der Waals surface area (Å²) in [7, 11) is 0. The number of carbonyl (C=O) groups excluding carboxylic acids is 1. The van der Waals surface area contributed by atoms with Gasteiger partial charge in [-0.1, -0.05) is 44.2 Å². The first-order chi connectivity index (χ1) is 7.36. The molecular formula is C13H19NO. The standard InChI is InChI=1S/C11H13NO.C2H6/c13-11-8-4-7-10(12-11)9-5-2-1-3-6-9;1-2/h1-3,5-6,10H,4,7-8H2,(H,12,13);1-2H3. The van der Waals surface area contributed by atoms with Gasteiger partial charge in [0.05, 0.1) is 6.04 Å². The van der Waals surface area contributed by atoms with Crippen molar-refractivity contribution in [2.24, 2.45) is 0 Å². The maximum Gasteiger partial charge on any atom is 0.220 e. The summed E-state index contributed by atoms with van der Waals surface area (Å²) in [5.41, 5.74) is 1.22. The largest absolute Gasteiger partial charge is 0.349 e. The lowest BCUT2D eigenvalue weighted by Gasteiger charge is -2.23. The van der Waals surface area contributed by atoms with Crippen LogP contribution < -0.4 is 5.32 Å².